The minimum Gasteiger partial charge on any atom is -0.496 e. The molecule has 0 spiro atoms. The predicted molar refractivity (Wildman–Crippen MR) is 169 cm³/mol. The van der Waals surface area contributed by atoms with Crippen LogP contribution in [0.5, 0.6) is 5.75 Å². The van der Waals surface area contributed by atoms with Gasteiger partial charge >= 0.3 is 4.50 Å². The number of rotatable bonds is 4. The van der Waals surface area contributed by atoms with Gasteiger partial charge in [-0.3, -0.25) is 4.49 Å². The molecule has 0 heterocycles. The molecule has 0 amide bonds. The molecule has 0 aromatic heterocycles. The summed E-state index contributed by atoms with van der Waals surface area (Å²) in [6.07, 6.45) is 2.21. The van der Waals surface area contributed by atoms with Crippen LogP contribution in [-0.2, 0) is 10.8 Å². The van der Waals surface area contributed by atoms with Gasteiger partial charge in [0, 0.05) is 17.0 Å². The quantitative estimate of drug-likeness (QED) is 0.111. The van der Waals surface area contributed by atoms with Gasteiger partial charge in [-0.15, -0.1) is 0 Å². The van der Waals surface area contributed by atoms with Gasteiger partial charge in [0.1, 0.15) is 5.75 Å². The van der Waals surface area contributed by atoms with Crippen LogP contribution in [0.15, 0.2) is 66.7 Å². The van der Waals surface area contributed by atoms with Gasteiger partial charge in [0.15, 0.2) is 11.9 Å². The van der Waals surface area contributed by atoms with Gasteiger partial charge in [-0.25, -0.2) is 0 Å². The molecule has 0 fully saturated rings. The Morgan fingerprint density at radius 1 is 0.757 bits per heavy atom. The van der Waals surface area contributed by atoms with Crippen molar-refractivity contribution in [2.75, 3.05) is 7.11 Å². The molecule has 188 valence electrons. The van der Waals surface area contributed by atoms with Gasteiger partial charge < -0.3 is 4.74 Å². The van der Waals surface area contributed by atoms with E-state index in [4.69, 9.17) is 4.74 Å². The molecule has 0 N–H and O–H groups in total. The molecule has 0 aliphatic heterocycles. The first-order valence-electron chi connectivity index (χ1n) is 12.7. The molecular formula is C32H33BBr2NO+. The van der Waals surface area contributed by atoms with E-state index in [-0.39, 0.29) is 15.3 Å². The summed E-state index contributed by atoms with van der Waals surface area (Å²) in [7, 11) is 1.78. The zero-order valence-corrected chi connectivity index (χ0v) is 25.8. The highest BCUT2D eigenvalue weighted by atomic mass is 79.9. The van der Waals surface area contributed by atoms with Crippen molar-refractivity contribution in [3.8, 4) is 5.75 Å². The van der Waals surface area contributed by atoms with Crippen LogP contribution in [0.2, 0.25) is 0 Å². The first-order chi connectivity index (χ1) is 17.4. The molecule has 5 aromatic rings. The fourth-order valence-corrected chi connectivity index (χ4v) is 5.97. The van der Waals surface area contributed by atoms with Gasteiger partial charge in [0.05, 0.1) is 18.1 Å². The average molecular weight is 618 g/mol. The van der Waals surface area contributed by atoms with Crippen LogP contribution < -0.4 is 4.74 Å². The Kier molecular flexibility index (Phi) is 6.69. The number of nitrogens with zero attached hydrogens (tertiary/aromatic N) is 1. The fourth-order valence-electron chi connectivity index (χ4n) is 5.29. The number of hydrogen-bond acceptors (Lipinski definition) is 1. The highest BCUT2D eigenvalue weighted by Crippen LogP contribution is 2.41. The molecule has 0 radical (unpaired) electrons. The van der Waals surface area contributed by atoms with E-state index in [9.17, 15) is 0 Å². The van der Waals surface area contributed by atoms with E-state index >= 15 is 0 Å². The second-order valence-electron chi connectivity index (χ2n) is 11.9. The van der Waals surface area contributed by atoms with Crippen LogP contribution in [0.4, 0.5) is 5.69 Å². The highest BCUT2D eigenvalue weighted by Gasteiger charge is 2.31. The SMILES string of the molecule is COc1c(/C=[N+](\B(Br)Br)c2ccc3ccc4cccc5ccc2c3c45)cc(C(C)(C)C)cc1C(C)(C)C. The van der Waals surface area contributed by atoms with Crippen molar-refractivity contribution < 1.29 is 9.22 Å². The lowest BCUT2D eigenvalue weighted by Crippen LogP contribution is -2.21. The van der Waals surface area contributed by atoms with E-state index in [1.165, 1.54) is 43.4 Å². The zero-order chi connectivity index (χ0) is 26.7. The molecule has 0 bridgehead atoms. The second-order valence-corrected chi connectivity index (χ2v) is 14.9. The number of benzene rings is 5. The number of hydrogen-bond donors (Lipinski definition) is 0. The monoisotopic (exact) mass is 616 g/mol. The topological polar surface area (TPSA) is 12.2 Å². The minimum atomic E-state index is -0.112. The largest absolute Gasteiger partial charge is 0.642 e. The van der Waals surface area contributed by atoms with Gasteiger partial charge in [-0.2, -0.15) is 0 Å². The summed E-state index contributed by atoms with van der Waals surface area (Å²) in [6, 6.07) is 24.5. The summed E-state index contributed by atoms with van der Waals surface area (Å²) in [5.41, 5.74) is 4.65. The molecule has 5 heteroatoms. The Bertz CT molecular complexity index is 1640. The second kappa shape index (κ2) is 9.43. The molecule has 2 nitrogen and oxygen atoms in total. The van der Waals surface area contributed by atoms with Gasteiger partial charge in [-0.05, 0) is 87.7 Å². The molecule has 0 saturated carbocycles. The fraction of sp³-hybridized carbons (Fsp3) is 0.281. The minimum absolute atomic E-state index is 0.00882. The van der Waals surface area contributed by atoms with Crippen LogP contribution in [0.3, 0.4) is 0 Å². The lowest BCUT2D eigenvalue weighted by atomic mass is 9.79. The molecular weight excluding hydrogens is 585 g/mol. The van der Waals surface area contributed by atoms with Crippen LogP contribution in [0, 0.1) is 0 Å². The third-order valence-electron chi connectivity index (χ3n) is 7.27. The van der Waals surface area contributed by atoms with Crippen LogP contribution in [0.25, 0.3) is 32.3 Å². The zero-order valence-electron chi connectivity index (χ0n) is 22.6. The normalized spacial score (nSPS) is 13.2. The van der Waals surface area contributed by atoms with E-state index < -0.39 is 0 Å². The maximum Gasteiger partial charge on any atom is 0.642 e. The van der Waals surface area contributed by atoms with Crippen molar-refractivity contribution >= 4 is 80.2 Å². The lowest BCUT2D eigenvalue weighted by molar-refractivity contribution is -0.263. The summed E-state index contributed by atoms with van der Waals surface area (Å²) < 4.78 is 8.22. The van der Waals surface area contributed by atoms with Crippen molar-refractivity contribution in [2.45, 2.75) is 52.4 Å². The van der Waals surface area contributed by atoms with E-state index in [2.05, 4.69) is 150 Å². The average Bonchev–Trinajstić information content (AvgIpc) is 2.84. The first kappa shape index (κ1) is 26.3. The van der Waals surface area contributed by atoms with E-state index in [0.717, 1.165) is 17.0 Å². The molecule has 0 unspecified atom stereocenters. The first-order valence-corrected chi connectivity index (χ1v) is 14.5. The maximum atomic E-state index is 6.08. The van der Waals surface area contributed by atoms with Crippen LogP contribution >= 0.6 is 31.5 Å². The molecule has 0 aliphatic rings. The Labute approximate surface area is 237 Å². The van der Waals surface area contributed by atoms with Crippen LogP contribution in [-0.4, -0.2) is 22.3 Å². The smallest absolute Gasteiger partial charge is 0.496 e. The van der Waals surface area contributed by atoms with E-state index in [0.29, 0.717) is 0 Å². The van der Waals surface area contributed by atoms with Crippen molar-refractivity contribution in [2.24, 2.45) is 0 Å². The Balaban J connectivity index is 1.83. The Morgan fingerprint density at radius 2 is 1.35 bits per heavy atom. The van der Waals surface area contributed by atoms with Gasteiger partial charge in [0.2, 0.25) is 0 Å². The molecule has 0 saturated heterocycles. The standard InChI is InChI=1S/C32H33BBr2NO/c1-31(2,3)24-17-23(30(37-7)26(18-24)32(4,5)6)19-36(33(34)35)27-16-14-22-12-11-20-9-8-10-21-13-15-25(27)29(22)28(20)21/h8-19H,1-7H3/q+1/b36-19-. The summed E-state index contributed by atoms with van der Waals surface area (Å²) in [5.74, 6) is 0.920. The maximum absolute atomic E-state index is 6.08. The summed E-state index contributed by atoms with van der Waals surface area (Å²) in [4.78, 5) is 0. The van der Waals surface area contributed by atoms with Crippen LogP contribution in [0.1, 0.15) is 58.2 Å². The lowest BCUT2D eigenvalue weighted by Gasteiger charge is -2.28. The highest BCUT2D eigenvalue weighted by molar-refractivity contribution is 9.48. The molecule has 5 aromatic carbocycles. The molecule has 0 aliphatic carbocycles. The third kappa shape index (κ3) is 4.70. The predicted octanol–water partition coefficient (Wildman–Crippen LogP) is 9.73. The van der Waals surface area contributed by atoms with E-state index in [1.807, 2.05) is 0 Å². The summed E-state index contributed by atoms with van der Waals surface area (Å²) in [6.45, 7) is 13.5. The van der Waals surface area contributed by atoms with Gasteiger partial charge in [-0.1, -0.05) is 84.0 Å². The van der Waals surface area contributed by atoms with Gasteiger partial charge in [0.25, 0.3) is 0 Å². The van der Waals surface area contributed by atoms with E-state index in [1.54, 1.807) is 7.11 Å². The number of methoxy groups -OCH3 is 1. The van der Waals surface area contributed by atoms with Crippen molar-refractivity contribution in [3.05, 3.63) is 83.4 Å². The Hall–Kier alpha value is -2.37. The number of halogens is 2. The summed E-state index contributed by atoms with van der Waals surface area (Å²) >= 11 is 7.67. The van der Waals surface area contributed by atoms with Crippen molar-refractivity contribution in [3.63, 3.8) is 0 Å². The van der Waals surface area contributed by atoms with Crippen molar-refractivity contribution in [1.29, 1.82) is 0 Å². The summed E-state index contributed by atoms with van der Waals surface area (Å²) in [5, 5.41) is 7.65. The molecule has 0 atom stereocenters. The number of ether oxygens (including phenoxy) is 1. The van der Waals surface area contributed by atoms with Crippen molar-refractivity contribution in [1.82, 2.24) is 0 Å². The Morgan fingerprint density at radius 3 is 1.92 bits per heavy atom. The third-order valence-corrected chi connectivity index (χ3v) is 8.15. The molecule has 5 rings (SSSR count). The molecule has 37 heavy (non-hydrogen) atoms.